The summed E-state index contributed by atoms with van der Waals surface area (Å²) in [6.07, 6.45) is 2.02. The number of hydrogen-bond acceptors (Lipinski definition) is 2. The minimum Gasteiger partial charge on any atom is -0.306 e. The van der Waals surface area contributed by atoms with Gasteiger partial charge in [-0.25, -0.2) is 0 Å². The molecule has 0 bridgehead atoms. The fourth-order valence-electron chi connectivity index (χ4n) is 0.781. The highest BCUT2D eigenvalue weighted by molar-refractivity contribution is 7.08. The fraction of sp³-hybridized carbons (Fsp3) is 0.333. The van der Waals surface area contributed by atoms with Crippen LogP contribution in [0.3, 0.4) is 0 Å². The molecular formula is C9H12ClNS. The first kappa shape index (κ1) is 9.78. The van der Waals surface area contributed by atoms with Gasteiger partial charge in [-0.2, -0.15) is 11.3 Å². The Bertz CT molecular complexity index is 252. The maximum atomic E-state index is 6.03. The third-order valence-electron chi connectivity index (χ3n) is 1.43. The van der Waals surface area contributed by atoms with Gasteiger partial charge in [0.1, 0.15) is 0 Å². The molecule has 1 rings (SSSR count). The summed E-state index contributed by atoms with van der Waals surface area (Å²) in [4.78, 5) is 2.08. The van der Waals surface area contributed by atoms with E-state index in [1.54, 1.807) is 11.3 Å². The average Bonchev–Trinajstić information content (AvgIpc) is 2.51. The van der Waals surface area contributed by atoms with Crippen molar-refractivity contribution in [3.05, 3.63) is 28.5 Å². The van der Waals surface area contributed by atoms with E-state index in [2.05, 4.69) is 10.3 Å². The average molecular weight is 202 g/mol. The van der Waals surface area contributed by atoms with Crippen molar-refractivity contribution in [1.29, 1.82) is 0 Å². The van der Waals surface area contributed by atoms with Crippen LogP contribution in [-0.4, -0.2) is 25.5 Å². The second kappa shape index (κ2) is 4.65. The van der Waals surface area contributed by atoms with Crippen molar-refractivity contribution in [2.24, 2.45) is 0 Å². The minimum atomic E-state index is 0.838. The summed E-state index contributed by atoms with van der Waals surface area (Å²) in [6.45, 7) is 0.884. The zero-order chi connectivity index (χ0) is 8.97. The van der Waals surface area contributed by atoms with Crippen molar-refractivity contribution in [3.8, 4) is 0 Å². The quantitative estimate of drug-likeness (QED) is 0.727. The Morgan fingerprint density at radius 3 is 2.92 bits per heavy atom. The first-order valence-electron chi connectivity index (χ1n) is 3.73. The third-order valence-corrected chi connectivity index (χ3v) is 2.49. The summed E-state index contributed by atoms with van der Waals surface area (Å²) < 4.78 is 0. The van der Waals surface area contributed by atoms with Gasteiger partial charge in [-0.1, -0.05) is 17.7 Å². The van der Waals surface area contributed by atoms with Crippen molar-refractivity contribution < 1.29 is 0 Å². The lowest BCUT2D eigenvalue weighted by Crippen LogP contribution is -2.10. The van der Waals surface area contributed by atoms with Gasteiger partial charge in [0.05, 0.1) is 0 Å². The van der Waals surface area contributed by atoms with Crippen LogP contribution in [0.5, 0.6) is 0 Å². The van der Waals surface area contributed by atoms with Crippen LogP contribution in [0.15, 0.2) is 22.9 Å². The molecule has 1 aromatic heterocycles. The number of halogens is 1. The maximum Gasteiger partial charge on any atom is 0.0459 e. The van der Waals surface area contributed by atoms with E-state index in [0.29, 0.717) is 0 Å². The Hall–Kier alpha value is -0.310. The number of hydrogen-bond donors (Lipinski definition) is 0. The van der Waals surface area contributed by atoms with Crippen LogP contribution in [-0.2, 0) is 0 Å². The van der Waals surface area contributed by atoms with Crippen molar-refractivity contribution in [1.82, 2.24) is 4.90 Å². The Kier molecular flexibility index (Phi) is 3.79. The molecule has 1 heterocycles. The first-order valence-corrected chi connectivity index (χ1v) is 5.05. The molecule has 0 N–H and O–H groups in total. The van der Waals surface area contributed by atoms with E-state index in [-0.39, 0.29) is 0 Å². The lowest BCUT2D eigenvalue weighted by atomic mass is 10.3. The largest absolute Gasteiger partial charge is 0.306 e. The van der Waals surface area contributed by atoms with Crippen molar-refractivity contribution in [2.75, 3.05) is 20.6 Å². The molecule has 0 aliphatic rings. The molecule has 0 amide bonds. The standard InChI is InChI=1S/C9H12ClNS/c1-11(2)5-3-9(10)8-4-6-12-7-8/h3-4,6-7H,5H2,1-2H3/b9-3-. The highest BCUT2D eigenvalue weighted by Crippen LogP contribution is 2.20. The molecule has 1 nitrogen and oxygen atoms in total. The van der Waals surface area contributed by atoms with Gasteiger partial charge < -0.3 is 4.90 Å². The molecule has 0 radical (unpaired) electrons. The number of rotatable bonds is 3. The first-order chi connectivity index (χ1) is 5.70. The van der Waals surface area contributed by atoms with Gasteiger partial charge in [0.25, 0.3) is 0 Å². The summed E-state index contributed by atoms with van der Waals surface area (Å²) in [6, 6.07) is 2.03. The maximum absolute atomic E-state index is 6.03. The van der Waals surface area contributed by atoms with Crippen LogP contribution >= 0.6 is 22.9 Å². The molecule has 0 atom stereocenters. The highest BCUT2D eigenvalue weighted by Gasteiger charge is 1.96. The van der Waals surface area contributed by atoms with Crippen molar-refractivity contribution in [2.45, 2.75) is 0 Å². The molecule has 1 aromatic rings. The van der Waals surface area contributed by atoms with E-state index in [1.807, 2.05) is 31.6 Å². The summed E-state index contributed by atoms with van der Waals surface area (Å²) in [5.74, 6) is 0. The molecule has 0 fully saturated rings. The van der Waals surface area contributed by atoms with Gasteiger partial charge >= 0.3 is 0 Å². The third kappa shape index (κ3) is 2.97. The van der Waals surface area contributed by atoms with Crippen LogP contribution < -0.4 is 0 Å². The number of thiophene rings is 1. The van der Waals surface area contributed by atoms with Crippen LogP contribution in [0.25, 0.3) is 5.03 Å². The van der Waals surface area contributed by atoms with Gasteiger partial charge in [0, 0.05) is 17.1 Å². The van der Waals surface area contributed by atoms with Gasteiger partial charge in [-0.05, 0) is 30.9 Å². The van der Waals surface area contributed by atoms with Crippen LogP contribution in [0.1, 0.15) is 5.56 Å². The predicted molar refractivity (Wildman–Crippen MR) is 56.7 cm³/mol. The van der Waals surface area contributed by atoms with E-state index < -0.39 is 0 Å². The Morgan fingerprint density at radius 1 is 1.67 bits per heavy atom. The van der Waals surface area contributed by atoms with Gasteiger partial charge in [-0.3, -0.25) is 0 Å². The molecule has 0 saturated carbocycles. The monoisotopic (exact) mass is 201 g/mol. The van der Waals surface area contributed by atoms with Crippen LogP contribution in [0, 0.1) is 0 Å². The molecule has 12 heavy (non-hydrogen) atoms. The topological polar surface area (TPSA) is 3.24 Å². The molecule has 0 aliphatic carbocycles. The Balaban J connectivity index is 2.59. The highest BCUT2D eigenvalue weighted by atomic mass is 35.5. The second-order valence-corrected chi connectivity index (χ2v) is 4.01. The molecule has 0 aliphatic heterocycles. The van der Waals surface area contributed by atoms with Crippen molar-refractivity contribution >= 4 is 28.0 Å². The number of likely N-dealkylation sites (N-methyl/N-ethyl adjacent to an activating group) is 1. The summed E-state index contributed by atoms with van der Waals surface area (Å²) in [5.41, 5.74) is 1.11. The normalized spacial score (nSPS) is 12.5. The Morgan fingerprint density at radius 2 is 2.42 bits per heavy atom. The van der Waals surface area contributed by atoms with E-state index in [4.69, 9.17) is 11.6 Å². The van der Waals surface area contributed by atoms with Gasteiger partial charge in [0.15, 0.2) is 0 Å². The predicted octanol–water partition coefficient (Wildman–Crippen LogP) is 2.89. The van der Waals surface area contributed by atoms with E-state index in [1.165, 1.54) is 0 Å². The van der Waals surface area contributed by atoms with E-state index in [0.717, 1.165) is 17.1 Å². The zero-order valence-corrected chi connectivity index (χ0v) is 8.82. The molecule has 0 spiro atoms. The minimum absolute atomic E-state index is 0.838. The molecule has 0 aromatic carbocycles. The molecule has 66 valence electrons. The molecule has 3 heteroatoms. The lowest BCUT2D eigenvalue weighted by molar-refractivity contribution is 0.457. The van der Waals surface area contributed by atoms with Gasteiger partial charge in [0.2, 0.25) is 0 Å². The van der Waals surface area contributed by atoms with Crippen LogP contribution in [0.2, 0.25) is 0 Å². The van der Waals surface area contributed by atoms with E-state index in [9.17, 15) is 0 Å². The van der Waals surface area contributed by atoms with E-state index >= 15 is 0 Å². The summed E-state index contributed by atoms with van der Waals surface area (Å²) in [7, 11) is 4.04. The molecule has 0 saturated heterocycles. The summed E-state index contributed by atoms with van der Waals surface area (Å²) in [5, 5.41) is 4.92. The second-order valence-electron chi connectivity index (χ2n) is 2.83. The smallest absolute Gasteiger partial charge is 0.0459 e. The Labute approximate surface area is 82.3 Å². The van der Waals surface area contributed by atoms with Crippen molar-refractivity contribution in [3.63, 3.8) is 0 Å². The number of nitrogens with zero attached hydrogens (tertiary/aromatic N) is 1. The lowest BCUT2D eigenvalue weighted by Gasteiger charge is -2.04. The van der Waals surface area contributed by atoms with Crippen LogP contribution in [0.4, 0.5) is 0 Å². The molecular weight excluding hydrogens is 190 g/mol. The molecule has 0 unspecified atom stereocenters. The fourth-order valence-corrected chi connectivity index (χ4v) is 1.69. The van der Waals surface area contributed by atoms with Gasteiger partial charge in [-0.15, -0.1) is 0 Å². The SMILES string of the molecule is CN(C)C/C=C(\Cl)c1ccsc1. The zero-order valence-electron chi connectivity index (χ0n) is 7.25. The summed E-state index contributed by atoms with van der Waals surface area (Å²) >= 11 is 7.70.